The van der Waals surface area contributed by atoms with E-state index in [2.05, 4.69) is 5.16 Å². The standard InChI is InChI=1S/C14H15NO3/c16-13-5-1-4-12-11(13)3-2-6-14(12)17-8-10-7-15-18-9-10/h2-3,6-7,9,13,16H,1,4-5,8H2. The summed E-state index contributed by atoms with van der Waals surface area (Å²) in [6, 6.07) is 5.85. The molecule has 1 heterocycles. The van der Waals surface area contributed by atoms with Gasteiger partial charge in [0.1, 0.15) is 18.6 Å². The molecule has 0 saturated carbocycles. The van der Waals surface area contributed by atoms with Crippen molar-refractivity contribution in [3.8, 4) is 5.75 Å². The van der Waals surface area contributed by atoms with Crippen LogP contribution in [0.3, 0.4) is 0 Å². The number of fused-ring (bicyclic) bond motifs is 1. The van der Waals surface area contributed by atoms with Gasteiger partial charge in [0.05, 0.1) is 12.3 Å². The van der Waals surface area contributed by atoms with E-state index in [1.807, 2.05) is 18.2 Å². The fourth-order valence-electron chi connectivity index (χ4n) is 2.38. The summed E-state index contributed by atoms with van der Waals surface area (Å²) in [7, 11) is 0. The van der Waals surface area contributed by atoms with Gasteiger partial charge in [0.25, 0.3) is 0 Å². The Bertz CT molecular complexity index is 522. The van der Waals surface area contributed by atoms with Gasteiger partial charge < -0.3 is 14.4 Å². The second-order valence-corrected chi connectivity index (χ2v) is 4.55. The van der Waals surface area contributed by atoms with Crippen molar-refractivity contribution in [2.45, 2.75) is 32.0 Å². The topological polar surface area (TPSA) is 55.5 Å². The molecule has 0 amide bonds. The number of nitrogens with zero attached hydrogens (tertiary/aromatic N) is 1. The Morgan fingerprint density at radius 3 is 3.22 bits per heavy atom. The number of hydrogen-bond acceptors (Lipinski definition) is 4. The summed E-state index contributed by atoms with van der Waals surface area (Å²) in [4.78, 5) is 0. The molecule has 0 radical (unpaired) electrons. The number of hydrogen-bond donors (Lipinski definition) is 1. The molecule has 94 valence electrons. The first-order chi connectivity index (χ1) is 8.84. The smallest absolute Gasteiger partial charge is 0.130 e. The van der Waals surface area contributed by atoms with Crippen molar-refractivity contribution in [1.29, 1.82) is 0 Å². The molecular weight excluding hydrogens is 230 g/mol. The second-order valence-electron chi connectivity index (χ2n) is 4.55. The fourth-order valence-corrected chi connectivity index (χ4v) is 2.38. The van der Waals surface area contributed by atoms with Crippen molar-refractivity contribution >= 4 is 0 Å². The summed E-state index contributed by atoms with van der Waals surface area (Å²) >= 11 is 0. The Labute approximate surface area is 105 Å². The van der Waals surface area contributed by atoms with Crippen LogP contribution in [-0.2, 0) is 13.0 Å². The summed E-state index contributed by atoms with van der Waals surface area (Å²) in [5, 5.41) is 13.6. The molecule has 4 nitrogen and oxygen atoms in total. The van der Waals surface area contributed by atoms with E-state index in [1.165, 1.54) is 0 Å². The van der Waals surface area contributed by atoms with Gasteiger partial charge in [0, 0.05) is 5.56 Å². The van der Waals surface area contributed by atoms with Crippen molar-refractivity contribution in [1.82, 2.24) is 5.16 Å². The van der Waals surface area contributed by atoms with Crippen molar-refractivity contribution in [2.75, 3.05) is 0 Å². The Morgan fingerprint density at radius 2 is 2.39 bits per heavy atom. The minimum atomic E-state index is -0.354. The number of aromatic nitrogens is 1. The summed E-state index contributed by atoms with van der Waals surface area (Å²) in [5.41, 5.74) is 3.04. The number of benzene rings is 1. The molecule has 2 aromatic rings. The van der Waals surface area contributed by atoms with Crippen LogP contribution in [0.4, 0.5) is 0 Å². The van der Waals surface area contributed by atoms with Gasteiger partial charge in [0.2, 0.25) is 0 Å². The molecule has 0 aliphatic heterocycles. The van der Waals surface area contributed by atoms with Crippen LogP contribution in [0.1, 0.15) is 35.6 Å². The highest BCUT2D eigenvalue weighted by Crippen LogP contribution is 2.35. The largest absolute Gasteiger partial charge is 0.488 e. The predicted molar refractivity (Wildman–Crippen MR) is 65.2 cm³/mol. The van der Waals surface area contributed by atoms with E-state index in [4.69, 9.17) is 9.26 Å². The van der Waals surface area contributed by atoms with Crippen LogP contribution in [0.15, 0.2) is 35.2 Å². The lowest BCUT2D eigenvalue weighted by atomic mass is 9.89. The number of aliphatic hydroxyl groups is 1. The molecule has 0 bridgehead atoms. The zero-order chi connectivity index (χ0) is 12.4. The third-order valence-corrected chi connectivity index (χ3v) is 3.31. The lowest BCUT2D eigenvalue weighted by Gasteiger charge is -2.23. The SMILES string of the molecule is OC1CCCc2c(OCc3cnoc3)cccc21. The highest BCUT2D eigenvalue weighted by Gasteiger charge is 2.20. The third kappa shape index (κ3) is 2.11. The van der Waals surface area contributed by atoms with Gasteiger partial charge in [-0.15, -0.1) is 0 Å². The Hall–Kier alpha value is -1.81. The van der Waals surface area contributed by atoms with Gasteiger partial charge in [-0.3, -0.25) is 0 Å². The normalized spacial score (nSPS) is 18.4. The van der Waals surface area contributed by atoms with Crippen LogP contribution >= 0.6 is 0 Å². The van der Waals surface area contributed by atoms with Gasteiger partial charge in [-0.2, -0.15) is 0 Å². The van der Waals surface area contributed by atoms with Crippen LogP contribution < -0.4 is 4.74 Å². The van der Waals surface area contributed by atoms with E-state index in [-0.39, 0.29) is 6.10 Å². The van der Waals surface area contributed by atoms with Gasteiger partial charge >= 0.3 is 0 Å². The predicted octanol–water partition coefficient (Wildman–Crippen LogP) is 2.62. The van der Waals surface area contributed by atoms with Gasteiger partial charge in [-0.05, 0) is 36.5 Å². The van der Waals surface area contributed by atoms with E-state index >= 15 is 0 Å². The first-order valence-electron chi connectivity index (χ1n) is 6.15. The fraction of sp³-hybridized carbons (Fsp3) is 0.357. The average Bonchev–Trinajstić information content (AvgIpc) is 2.90. The number of aliphatic hydroxyl groups excluding tert-OH is 1. The van der Waals surface area contributed by atoms with E-state index in [1.54, 1.807) is 12.5 Å². The molecule has 0 fully saturated rings. The minimum Gasteiger partial charge on any atom is -0.488 e. The molecule has 1 N–H and O–H groups in total. The van der Waals surface area contributed by atoms with E-state index < -0.39 is 0 Å². The average molecular weight is 245 g/mol. The maximum atomic E-state index is 9.96. The maximum Gasteiger partial charge on any atom is 0.130 e. The van der Waals surface area contributed by atoms with Crippen LogP contribution in [0, 0.1) is 0 Å². The van der Waals surface area contributed by atoms with Crippen molar-refractivity contribution in [3.63, 3.8) is 0 Å². The van der Waals surface area contributed by atoms with Crippen LogP contribution in [0.2, 0.25) is 0 Å². The highest BCUT2D eigenvalue weighted by molar-refractivity contribution is 5.42. The molecule has 0 spiro atoms. The van der Waals surface area contributed by atoms with E-state index in [0.717, 1.165) is 41.7 Å². The highest BCUT2D eigenvalue weighted by atomic mass is 16.5. The molecule has 0 saturated heterocycles. The molecule has 1 aliphatic rings. The van der Waals surface area contributed by atoms with Gasteiger partial charge in [-0.25, -0.2) is 0 Å². The molecule has 1 aromatic heterocycles. The molecule has 1 unspecified atom stereocenters. The Balaban J connectivity index is 1.82. The lowest BCUT2D eigenvalue weighted by molar-refractivity contribution is 0.155. The lowest BCUT2D eigenvalue weighted by Crippen LogP contribution is -2.10. The molecule has 18 heavy (non-hydrogen) atoms. The third-order valence-electron chi connectivity index (χ3n) is 3.31. The monoisotopic (exact) mass is 245 g/mol. The summed E-state index contributed by atoms with van der Waals surface area (Å²) in [6.07, 6.45) is 5.66. The molecular formula is C14H15NO3. The minimum absolute atomic E-state index is 0.354. The molecule has 1 aromatic carbocycles. The summed E-state index contributed by atoms with van der Waals surface area (Å²) in [5.74, 6) is 0.854. The van der Waals surface area contributed by atoms with Gasteiger partial charge in [-0.1, -0.05) is 17.3 Å². The van der Waals surface area contributed by atoms with Crippen molar-refractivity contribution in [2.24, 2.45) is 0 Å². The first kappa shape index (κ1) is 11.3. The molecule has 1 atom stereocenters. The summed E-state index contributed by atoms with van der Waals surface area (Å²) in [6.45, 7) is 0.441. The summed E-state index contributed by atoms with van der Waals surface area (Å²) < 4.78 is 10.5. The zero-order valence-electron chi connectivity index (χ0n) is 10.0. The van der Waals surface area contributed by atoms with Crippen molar-refractivity contribution in [3.05, 3.63) is 47.3 Å². The van der Waals surface area contributed by atoms with E-state index in [9.17, 15) is 5.11 Å². The second kappa shape index (κ2) is 4.82. The van der Waals surface area contributed by atoms with Crippen LogP contribution in [-0.4, -0.2) is 10.3 Å². The number of ether oxygens (including phenoxy) is 1. The van der Waals surface area contributed by atoms with Crippen LogP contribution in [0.25, 0.3) is 0 Å². The quantitative estimate of drug-likeness (QED) is 0.903. The van der Waals surface area contributed by atoms with Gasteiger partial charge in [0.15, 0.2) is 0 Å². The van der Waals surface area contributed by atoms with Crippen LogP contribution in [0.5, 0.6) is 5.75 Å². The Kier molecular flexibility index (Phi) is 3.02. The molecule has 4 heteroatoms. The zero-order valence-corrected chi connectivity index (χ0v) is 10.0. The van der Waals surface area contributed by atoms with Crippen molar-refractivity contribution < 1.29 is 14.4 Å². The molecule has 3 rings (SSSR count). The molecule has 1 aliphatic carbocycles. The maximum absolute atomic E-state index is 9.96. The first-order valence-corrected chi connectivity index (χ1v) is 6.15. The Morgan fingerprint density at radius 1 is 1.44 bits per heavy atom. The van der Waals surface area contributed by atoms with E-state index in [0.29, 0.717) is 6.61 Å². The number of rotatable bonds is 3.